The molecule has 13 rings (SSSR count). The lowest BCUT2D eigenvalue weighted by Gasteiger charge is -2.21. The Labute approximate surface area is 352 Å². The lowest BCUT2D eigenvalue weighted by Crippen LogP contribution is -2.14. The third-order valence-electron chi connectivity index (χ3n) is 13.6. The van der Waals surface area contributed by atoms with Crippen molar-refractivity contribution in [1.82, 2.24) is 0 Å². The Balaban J connectivity index is 0.984. The Bertz CT molecular complexity index is 3740. The molecule has 0 amide bonds. The molecule has 0 N–H and O–H groups in total. The zero-order chi connectivity index (χ0) is 39.7. The van der Waals surface area contributed by atoms with Crippen molar-refractivity contribution >= 4 is 85.4 Å². The van der Waals surface area contributed by atoms with Gasteiger partial charge in [0.05, 0.1) is 0 Å². The quantitative estimate of drug-likeness (QED) is 0.157. The van der Waals surface area contributed by atoms with Crippen LogP contribution >= 0.6 is 11.3 Å². The summed E-state index contributed by atoms with van der Waals surface area (Å²) in [5.41, 5.74) is 13.3. The van der Waals surface area contributed by atoms with E-state index in [1.807, 2.05) is 11.3 Å². The molecule has 0 unspecified atom stereocenters. The molecule has 0 bridgehead atoms. The molecule has 0 fully saturated rings. The van der Waals surface area contributed by atoms with Gasteiger partial charge in [-0.3, -0.25) is 0 Å². The van der Waals surface area contributed by atoms with Gasteiger partial charge in [0.15, 0.2) is 0 Å². The SMILES string of the molecule is CC1(C)c2ccccc2-c2c1ccc1c2sc2cc(-c3ccc4cc(-c5c6ccccc6c(-c6cccc7ccccc67)c6ccccc56)ccc4c3)c3ccccc3c21. The summed E-state index contributed by atoms with van der Waals surface area (Å²) in [6.45, 7) is 4.75. The predicted octanol–water partition coefficient (Wildman–Crippen LogP) is 17.1. The van der Waals surface area contributed by atoms with E-state index < -0.39 is 0 Å². The van der Waals surface area contributed by atoms with Gasteiger partial charge in [-0.05, 0) is 122 Å². The van der Waals surface area contributed by atoms with Crippen LogP contribution in [-0.4, -0.2) is 0 Å². The summed E-state index contributed by atoms with van der Waals surface area (Å²) in [5, 5.41) is 15.5. The van der Waals surface area contributed by atoms with Crippen LogP contribution in [0.1, 0.15) is 25.0 Å². The molecule has 0 spiro atoms. The van der Waals surface area contributed by atoms with Crippen LogP contribution in [0.15, 0.2) is 194 Å². The molecule has 1 aliphatic carbocycles. The molecule has 0 saturated carbocycles. The van der Waals surface area contributed by atoms with Gasteiger partial charge in [0, 0.05) is 31.2 Å². The molecule has 0 nitrogen and oxygen atoms in total. The standard InChI is InChI=1S/C59H38S/c1-59(2)51-25-12-11-23-48(51)57-52(59)31-30-49-56-43-18-6-5-17-41(43)50(34-53(56)60-58(49)57)38-28-26-37-33-39(29-27-36(37)32-38)54-44-19-7-9-21-46(44)55(47-22-10-8-20-45(47)54)42-24-13-15-35-14-3-4-16-40(35)42/h3-34H,1-2H3. The van der Waals surface area contributed by atoms with Crippen LogP contribution in [0.3, 0.4) is 0 Å². The number of fused-ring (bicyclic) bond motifs is 13. The zero-order valence-electron chi connectivity index (χ0n) is 33.4. The fourth-order valence-corrected chi connectivity index (χ4v) is 12.2. The van der Waals surface area contributed by atoms with Crippen molar-refractivity contribution in [3.05, 3.63) is 205 Å². The van der Waals surface area contributed by atoms with Crippen LogP contribution in [0, 0.1) is 0 Å². The van der Waals surface area contributed by atoms with E-state index in [2.05, 4.69) is 208 Å². The summed E-state index contributed by atoms with van der Waals surface area (Å²) in [5.74, 6) is 0. The van der Waals surface area contributed by atoms with E-state index in [-0.39, 0.29) is 5.41 Å². The van der Waals surface area contributed by atoms with Gasteiger partial charge in [-0.25, -0.2) is 0 Å². The molecule has 280 valence electrons. The van der Waals surface area contributed by atoms with E-state index in [0.717, 1.165) is 0 Å². The van der Waals surface area contributed by atoms with Crippen molar-refractivity contribution in [1.29, 1.82) is 0 Å². The van der Waals surface area contributed by atoms with Crippen molar-refractivity contribution in [2.24, 2.45) is 0 Å². The van der Waals surface area contributed by atoms with Crippen LogP contribution in [0.2, 0.25) is 0 Å². The van der Waals surface area contributed by atoms with Crippen molar-refractivity contribution in [2.45, 2.75) is 19.3 Å². The highest BCUT2D eigenvalue weighted by Crippen LogP contribution is 2.55. The largest absolute Gasteiger partial charge is 0.134 e. The fourth-order valence-electron chi connectivity index (χ4n) is 10.9. The maximum atomic E-state index is 2.46. The first-order valence-electron chi connectivity index (χ1n) is 21.0. The van der Waals surface area contributed by atoms with Gasteiger partial charge in [-0.2, -0.15) is 0 Å². The smallest absolute Gasteiger partial charge is 0.0437 e. The number of rotatable bonds is 3. The van der Waals surface area contributed by atoms with E-state index in [0.29, 0.717) is 0 Å². The van der Waals surface area contributed by atoms with Gasteiger partial charge in [0.25, 0.3) is 0 Å². The highest BCUT2D eigenvalue weighted by molar-refractivity contribution is 7.26. The number of hydrogen-bond donors (Lipinski definition) is 0. The number of hydrogen-bond acceptors (Lipinski definition) is 1. The minimum absolute atomic E-state index is 0.0182. The van der Waals surface area contributed by atoms with Crippen LogP contribution in [0.5, 0.6) is 0 Å². The van der Waals surface area contributed by atoms with Crippen LogP contribution < -0.4 is 0 Å². The Morgan fingerprint density at radius 3 is 1.65 bits per heavy atom. The minimum atomic E-state index is -0.0182. The average Bonchev–Trinajstić information content (AvgIpc) is 3.79. The molecule has 1 aliphatic rings. The first-order valence-corrected chi connectivity index (χ1v) is 21.8. The second-order valence-electron chi connectivity index (χ2n) is 17.1. The van der Waals surface area contributed by atoms with Gasteiger partial charge >= 0.3 is 0 Å². The number of benzene rings is 11. The molecule has 12 aromatic rings. The second-order valence-corrected chi connectivity index (χ2v) is 18.2. The summed E-state index contributed by atoms with van der Waals surface area (Å²) >= 11 is 1.96. The first kappa shape index (κ1) is 33.9. The molecule has 0 atom stereocenters. The molecule has 1 heterocycles. The predicted molar refractivity (Wildman–Crippen MR) is 261 cm³/mol. The van der Waals surface area contributed by atoms with Crippen molar-refractivity contribution < 1.29 is 0 Å². The van der Waals surface area contributed by atoms with E-state index in [4.69, 9.17) is 0 Å². The topological polar surface area (TPSA) is 0 Å². The molecular formula is C59H38S. The summed E-state index contributed by atoms with van der Waals surface area (Å²) < 4.78 is 2.74. The highest BCUT2D eigenvalue weighted by atomic mass is 32.1. The highest BCUT2D eigenvalue weighted by Gasteiger charge is 2.37. The fraction of sp³-hybridized carbons (Fsp3) is 0.0508. The van der Waals surface area contributed by atoms with E-state index >= 15 is 0 Å². The van der Waals surface area contributed by atoms with Crippen LogP contribution in [0.25, 0.3) is 119 Å². The third-order valence-corrected chi connectivity index (χ3v) is 14.8. The van der Waals surface area contributed by atoms with E-state index in [9.17, 15) is 0 Å². The molecule has 0 aliphatic heterocycles. The second kappa shape index (κ2) is 12.5. The Kier molecular flexibility index (Phi) is 7.04. The molecule has 0 saturated heterocycles. The molecular weight excluding hydrogens is 741 g/mol. The van der Waals surface area contributed by atoms with Gasteiger partial charge in [0.1, 0.15) is 0 Å². The molecule has 11 aromatic carbocycles. The van der Waals surface area contributed by atoms with Crippen molar-refractivity contribution in [3.63, 3.8) is 0 Å². The van der Waals surface area contributed by atoms with Crippen molar-refractivity contribution in [2.75, 3.05) is 0 Å². The minimum Gasteiger partial charge on any atom is -0.134 e. The lowest BCUT2D eigenvalue weighted by atomic mass is 9.82. The molecule has 0 radical (unpaired) electrons. The summed E-state index contributed by atoms with van der Waals surface area (Å²) in [6, 6.07) is 72.9. The molecule has 60 heavy (non-hydrogen) atoms. The molecule has 1 heteroatoms. The maximum Gasteiger partial charge on any atom is 0.0437 e. The summed E-state index contributed by atoms with van der Waals surface area (Å²) in [7, 11) is 0. The third kappa shape index (κ3) is 4.67. The van der Waals surface area contributed by atoms with Crippen LogP contribution in [-0.2, 0) is 5.41 Å². The van der Waals surface area contributed by atoms with Gasteiger partial charge in [-0.1, -0.05) is 190 Å². The number of thiophene rings is 1. The van der Waals surface area contributed by atoms with E-state index in [1.165, 1.54) is 130 Å². The Morgan fingerprint density at radius 2 is 0.900 bits per heavy atom. The summed E-state index contributed by atoms with van der Waals surface area (Å²) in [4.78, 5) is 0. The van der Waals surface area contributed by atoms with Crippen LogP contribution in [0.4, 0.5) is 0 Å². The van der Waals surface area contributed by atoms with E-state index in [1.54, 1.807) is 0 Å². The monoisotopic (exact) mass is 778 g/mol. The average molecular weight is 779 g/mol. The van der Waals surface area contributed by atoms with Gasteiger partial charge < -0.3 is 0 Å². The Morgan fingerprint density at radius 1 is 0.333 bits per heavy atom. The zero-order valence-corrected chi connectivity index (χ0v) is 34.2. The first-order chi connectivity index (χ1) is 29.5. The van der Waals surface area contributed by atoms with Gasteiger partial charge in [0.2, 0.25) is 0 Å². The van der Waals surface area contributed by atoms with Gasteiger partial charge in [-0.15, -0.1) is 11.3 Å². The molecule has 1 aromatic heterocycles. The lowest BCUT2D eigenvalue weighted by molar-refractivity contribution is 0.661. The summed E-state index contributed by atoms with van der Waals surface area (Å²) in [6.07, 6.45) is 0. The normalized spacial score (nSPS) is 13.3. The van der Waals surface area contributed by atoms with Crippen molar-refractivity contribution in [3.8, 4) is 44.5 Å². The Hall–Kier alpha value is -7.06. The maximum absolute atomic E-state index is 2.46.